The Hall–Kier alpha value is -2.98. The van der Waals surface area contributed by atoms with Crippen LogP contribution in [0.25, 0.3) is 0 Å². The number of ether oxygens (including phenoxy) is 4. The SMILES string of the molecule is CC(C)(COCc1cccc(Oc2ccccc2)c1)c1ccc2c(c1)OCO2. The fraction of sp³-hybridized carbons (Fsp3) is 0.250. The summed E-state index contributed by atoms with van der Waals surface area (Å²) in [5, 5.41) is 0. The molecule has 0 amide bonds. The van der Waals surface area contributed by atoms with Gasteiger partial charge in [-0.05, 0) is 47.5 Å². The summed E-state index contributed by atoms with van der Waals surface area (Å²) in [5.74, 6) is 3.24. The number of hydrogen-bond acceptors (Lipinski definition) is 4. The Kier molecular flexibility index (Phi) is 5.22. The first-order chi connectivity index (χ1) is 13.6. The largest absolute Gasteiger partial charge is 0.457 e. The molecule has 3 aromatic carbocycles. The van der Waals surface area contributed by atoms with Crippen LogP contribution in [0.15, 0.2) is 72.8 Å². The van der Waals surface area contributed by atoms with E-state index in [9.17, 15) is 0 Å². The van der Waals surface area contributed by atoms with Gasteiger partial charge in [0, 0.05) is 5.41 Å². The van der Waals surface area contributed by atoms with Crippen molar-refractivity contribution in [3.63, 3.8) is 0 Å². The molecule has 1 aliphatic rings. The molecule has 0 saturated heterocycles. The van der Waals surface area contributed by atoms with E-state index in [4.69, 9.17) is 18.9 Å². The molecule has 0 bridgehead atoms. The predicted octanol–water partition coefficient (Wildman–Crippen LogP) is 5.70. The molecule has 28 heavy (non-hydrogen) atoms. The molecule has 4 rings (SSSR count). The maximum atomic E-state index is 6.04. The Morgan fingerprint density at radius 1 is 0.821 bits per heavy atom. The van der Waals surface area contributed by atoms with Gasteiger partial charge < -0.3 is 18.9 Å². The lowest BCUT2D eigenvalue weighted by Crippen LogP contribution is -2.24. The third kappa shape index (κ3) is 4.29. The fourth-order valence-corrected chi connectivity index (χ4v) is 3.15. The van der Waals surface area contributed by atoms with E-state index >= 15 is 0 Å². The van der Waals surface area contributed by atoms with Crippen LogP contribution in [0, 0.1) is 0 Å². The fourth-order valence-electron chi connectivity index (χ4n) is 3.15. The van der Waals surface area contributed by atoms with Crippen LogP contribution >= 0.6 is 0 Å². The van der Waals surface area contributed by atoms with Gasteiger partial charge in [0.05, 0.1) is 13.2 Å². The molecule has 0 atom stereocenters. The monoisotopic (exact) mass is 376 g/mol. The molecular formula is C24H24O4. The van der Waals surface area contributed by atoms with E-state index in [2.05, 4.69) is 19.9 Å². The van der Waals surface area contributed by atoms with Gasteiger partial charge in [-0.1, -0.05) is 50.2 Å². The second kappa shape index (κ2) is 7.95. The van der Waals surface area contributed by atoms with Crippen molar-refractivity contribution < 1.29 is 18.9 Å². The van der Waals surface area contributed by atoms with Crippen LogP contribution in [-0.2, 0) is 16.8 Å². The zero-order valence-electron chi connectivity index (χ0n) is 16.2. The molecule has 0 radical (unpaired) electrons. The van der Waals surface area contributed by atoms with Gasteiger partial charge in [0.2, 0.25) is 6.79 Å². The second-order valence-corrected chi connectivity index (χ2v) is 7.51. The second-order valence-electron chi connectivity index (χ2n) is 7.51. The van der Waals surface area contributed by atoms with Crippen LogP contribution in [0.5, 0.6) is 23.0 Å². The number of hydrogen-bond donors (Lipinski definition) is 0. The van der Waals surface area contributed by atoms with E-state index in [1.165, 1.54) is 0 Å². The normalized spacial score (nSPS) is 12.8. The summed E-state index contributed by atoms with van der Waals surface area (Å²) in [5.41, 5.74) is 2.10. The van der Waals surface area contributed by atoms with Gasteiger partial charge in [-0.3, -0.25) is 0 Å². The number of rotatable bonds is 7. The van der Waals surface area contributed by atoms with E-state index in [-0.39, 0.29) is 12.2 Å². The Balaban J connectivity index is 1.36. The average molecular weight is 376 g/mol. The molecule has 144 valence electrons. The van der Waals surface area contributed by atoms with Gasteiger partial charge in [-0.25, -0.2) is 0 Å². The third-order valence-electron chi connectivity index (χ3n) is 4.76. The first-order valence-corrected chi connectivity index (χ1v) is 9.40. The molecular weight excluding hydrogens is 352 g/mol. The molecule has 4 heteroatoms. The lowest BCUT2D eigenvalue weighted by Gasteiger charge is -2.25. The zero-order chi connectivity index (χ0) is 19.4. The summed E-state index contributed by atoms with van der Waals surface area (Å²) >= 11 is 0. The third-order valence-corrected chi connectivity index (χ3v) is 4.76. The molecule has 3 aromatic rings. The van der Waals surface area contributed by atoms with Crippen LogP contribution in [0.2, 0.25) is 0 Å². The van der Waals surface area contributed by atoms with Gasteiger partial charge >= 0.3 is 0 Å². The summed E-state index contributed by atoms with van der Waals surface area (Å²) < 4.78 is 22.8. The minimum atomic E-state index is -0.140. The molecule has 1 aliphatic heterocycles. The van der Waals surface area contributed by atoms with Gasteiger partial charge in [0.25, 0.3) is 0 Å². The average Bonchev–Trinajstić information content (AvgIpc) is 3.17. The van der Waals surface area contributed by atoms with E-state index in [1.807, 2.05) is 66.7 Å². The van der Waals surface area contributed by atoms with E-state index in [0.717, 1.165) is 34.1 Å². The molecule has 0 unspecified atom stereocenters. The topological polar surface area (TPSA) is 36.9 Å². The maximum absolute atomic E-state index is 6.04. The highest BCUT2D eigenvalue weighted by atomic mass is 16.7. The van der Waals surface area contributed by atoms with Gasteiger partial charge in [-0.15, -0.1) is 0 Å². The highest BCUT2D eigenvalue weighted by molar-refractivity contribution is 5.46. The Bertz CT molecular complexity index is 934. The molecule has 1 heterocycles. The zero-order valence-corrected chi connectivity index (χ0v) is 16.2. The van der Waals surface area contributed by atoms with Gasteiger partial charge in [0.15, 0.2) is 11.5 Å². The van der Waals surface area contributed by atoms with Gasteiger partial charge in [-0.2, -0.15) is 0 Å². The summed E-state index contributed by atoms with van der Waals surface area (Å²) in [6, 6.07) is 23.8. The number of fused-ring (bicyclic) bond motifs is 1. The van der Waals surface area contributed by atoms with E-state index in [0.29, 0.717) is 13.2 Å². The molecule has 4 nitrogen and oxygen atoms in total. The Labute approximate surface area is 165 Å². The summed E-state index contributed by atoms with van der Waals surface area (Å²) in [6.45, 7) is 5.74. The van der Waals surface area contributed by atoms with Crippen LogP contribution in [-0.4, -0.2) is 13.4 Å². The van der Waals surface area contributed by atoms with Gasteiger partial charge in [0.1, 0.15) is 11.5 Å². The minimum Gasteiger partial charge on any atom is -0.457 e. The predicted molar refractivity (Wildman–Crippen MR) is 108 cm³/mol. The first kappa shape index (κ1) is 18.4. The molecule has 0 fully saturated rings. The summed E-state index contributed by atoms with van der Waals surface area (Å²) in [4.78, 5) is 0. The van der Waals surface area contributed by atoms with E-state index < -0.39 is 0 Å². The van der Waals surface area contributed by atoms with Crippen molar-refractivity contribution in [1.29, 1.82) is 0 Å². The van der Waals surface area contributed by atoms with Crippen LogP contribution in [0.1, 0.15) is 25.0 Å². The number of benzene rings is 3. The first-order valence-electron chi connectivity index (χ1n) is 9.40. The highest BCUT2D eigenvalue weighted by Gasteiger charge is 2.24. The van der Waals surface area contributed by atoms with Crippen LogP contribution < -0.4 is 14.2 Å². The lowest BCUT2D eigenvalue weighted by molar-refractivity contribution is 0.0823. The quantitative estimate of drug-likeness (QED) is 0.530. The Morgan fingerprint density at radius 2 is 1.61 bits per heavy atom. The van der Waals surface area contributed by atoms with Crippen molar-refractivity contribution in [2.24, 2.45) is 0 Å². The van der Waals surface area contributed by atoms with E-state index in [1.54, 1.807) is 0 Å². The standard InChI is InChI=1S/C24H24O4/c1-24(2,19-11-12-22-23(14-19)27-17-26-22)16-25-15-18-7-6-10-21(13-18)28-20-8-4-3-5-9-20/h3-14H,15-17H2,1-2H3. The maximum Gasteiger partial charge on any atom is 0.231 e. The van der Waals surface area contributed by atoms with Crippen molar-refractivity contribution in [3.8, 4) is 23.0 Å². The van der Waals surface area contributed by atoms with Crippen molar-refractivity contribution in [2.75, 3.05) is 13.4 Å². The Morgan fingerprint density at radius 3 is 2.46 bits per heavy atom. The number of para-hydroxylation sites is 1. The molecule has 0 aliphatic carbocycles. The van der Waals surface area contributed by atoms with Crippen molar-refractivity contribution in [2.45, 2.75) is 25.9 Å². The smallest absolute Gasteiger partial charge is 0.231 e. The highest BCUT2D eigenvalue weighted by Crippen LogP contribution is 2.36. The lowest BCUT2D eigenvalue weighted by atomic mass is 9.85. The molecule has 0 aromatic heterocycles. The molecule has 0 saturated carbocycles. The van der Waals surface area contributed by atoms with Crippen LogP contribution in [0.4, 0.5) is 0 Å². The minimum absolute atomic E-state index is 0.140. The van der Waals surface area contributed by atoms with Crippen molar-refractivity contribution >= 4 is 0 Å². The van der Waals surface area contributed by atoms with Crippen molar-refractivity contribution in [3.05, 3.63) is 83.9 Å². The van der Waals surface area contributed by atoms with Crippen molar-refractivity contribution in [1.82, 2.24) is 0 Å². The molecule has 0 spiro atoms. The summed E-state index contributed by atoms with van der Waals surface area (Å²) in [7, 11) is 0. The summed E-state index contributed by atoms with van der Waals surface area (Å²) in [6.07, 6.45) is 0. The van der Waals surface area contributed by atoms with Crippen LogP contribution in [0.3, 0.4) is 0 Å². The molecule has 0 N–H and O–H groups in total.